The molecule has 158 valence electrons. The van der Waals surface area contributed by atoms with Crippen LogP contribution in [0.4, 0.5) is 0 Å². The molecule has 2 N–H and O–H groups in total. The zero-order valence-corrected chi connectivity index (χ0v) is 17.1. The van der Waals surface area contributed by atoms with Crippen molar-refractivity contribution >= 4 is 11.8 Å². The van der Waals surface area contributed by atoms with Crippen molar-refractivity contribution in [2.45, 2.75) is 25.8 Å². The quantitative estimate of drug-likeness (QED) is 0.641. The lowest BCUT2D eigenvalue weighted by molar-refractivity contribution is -0.131. The first-order valence-corrected chi connectivity index (χ1v) is 10.3. The average molecular weight is 416 g/mol. The van der Waals surface area contributed by atoms with E-state index in [1.54, 1.807) is 17.3 Å². The molecule has 1 aliphatic heterocycles. The van der Waals surface area contributed by atoms with Crippen LogP contribution in [0, 0.1) is 0 Å². The van der Waals surface area contributed by atoms with Crippen molar-refractivity contribution in [3.63, 3.8) is 0 Å². The number of amides is 2. The number of H-pyrrole nitrogens is 1. The van der Waals surface area contributed by atoms with E-state index in [0.717, 1.165) is 22.4 Å². The van der Waals surface area contributed by atoms with Gasteiger partial charge < -0.3 is 15.2 Å². The van der Waals surface area contributed by atoms with Gasteiger partial charge in [-0.1, -0.05) is 36.4 Å². The number of carbonyl (C=O) groups excluding carboxylic acids is 2. The molecule has 0 saturated carbocycles. The molecular formula is C24H24N4O3. The van der Waals surface area contributed by atoms with E-state index in [2.05, 4.69) is 15.3 Å². The second kappa shape index (κ2) is 9.38. The Kier molecular flexibility index (Phi) is 6.21. The summed E-state index contributed by atoms with van der Waals surface area (Å²) in [5.41, 5.74) is 3.12. The maximum absolute atomic E-state index is 12.8. The van der Waals surface area contributed by atoms with Crippen LogP contribution in [-0.2, 0) is 30.6 Å². The van der Waals surface area contributed by atoms with Gasteiger partial charge in [0.15, 0.2) is 0 Å². The van der Waals surface area contributed by atoms with E-state index in [-0.39, 0.29) is 23.8 Å². The first kappa shape index (κ1) is 20.5. The van der Waals surface area contributed by atoms with E-state index in [1.807, 2.05) is 48.5 Å². The highest BCUT2D eigenvalue weighted by Gasteiger charge is 2.26. The van der Waals surface area contributed by atoms with E-state index in [9.17, 15) is 14.4 Å². The minimum Gasteiger partial charge on any atom is -0.352 e. The Bertz CT molecular complexity index is 1130. The Hall–Kier alpha value is -3.74. The summed E-state index contributed by atoms with van der Waals surface area (Å²) < 4.78 is 0. The molecule has 0 unspecified atom stereocenters. The van der Waals surface area contributed by atoms with Crippen LogP contribution in [0.3, 0.4) is 0 Å². The zero-order valence-electron chi connectivity index (χ0n) is 17.1. The van der Waals surface area contributed by atoms with E-state index < -0.39 is 5.56 Å². The fourth-order valence-electron chi connectivity index (χ4n) is 3.84. The number of carbonyl (C=O) groups is 2. The summed E-state index contributed by atoms with van der Waals surface area (Å²) in [7, 11) is 0. The maximum atomic E-state index is 12.8. The standard InChI is InChI=1S/C24H24N4O3/c29-21(14-19-8-4-5-11-25-19)28-13-10-20-18(16-28)15-27-24(31)22(20)23(30)26-12-9-17-6-2-1-3-7-17/h1-8,11,15H,9-10,12-14,16H2,(H,26,30)(H,27,31). The van der Waals surface area contributed by atoms with Gasteiger partial charge in [0, 0.05) is 37.7 Å². The molecule has 1 aromatic carbocycles. The minimum atomic E-state index is -0.399. The van der Waals surface area contributed by atoms with Gasteiger partial charge in [-0.15, -0.1) is 0 Å². The molecule has 0 spiro atoms. The molecule has 0 bridgehead atoms. The van der Waals surface area contributed by atoms with Gasteiger partial charge in [-0.05, 0) is 41.7 Å². The van der Waals surface area contributed by atoms with Crippen molar-refractivity contribution in [3.8, 4) is 0 Å². The molecule has 31 heavy (non-hydrogen) atoms. The number of aromatic nitrogens is 2. The molecule has 2 amide bonds. The third-order valence-corrected chi connectivity index (χ3v) is 5.47. The van der Waals surface area contributed by atoms with Crippen molar-refractivity contribution in [2.75, 3.05) is 13.1 Å². The molecule has 0 saturated heterocycles. The number of pyridine rings is 2. The van der Waals surface area contributed by atoms with Crippen molar-refractivity contribution in [1.29, 1.82) is 0 Å². The van der Waals surface area contributed by atoms with E-state index >= 15 is 0 Å². The van der Waals surface area contributed by atoms with Crippen molar-refractivity contribution < 1.29 is 9.59 Å². The largest absolute Gasteiger partial charge is 0.352 e. The number of fused-ring (bicyclic) bond motifs is 1. The van der Waals surface area contributed by atoms with Crippen molar-refractivity contribution in [1.82, 2.24) is 20.2 Å². The number of hydrogen-bond acceptors (Lipinski definition) is 4. The summed E-state index contributed by atoms with van der Waals surface area (Å²) in [5.74, 6) is -0.397. The highest BCUT2D eigenvalue weighted by molar-refractivity contribution is 5.95. The molecular weight excluding hydrogens is 392 g/mol. The van der Waals surface area contributed by atoms with Crippen LogP contribution in [0.25, 0.3) is 0 Å². The Balaban J connectivity index is 1.43. The Morgan fingerprint density at radius 3 is 2.68 bits per heavy atom. The fourth-order valence-corrected chi connectivity index (χ4v) is 3.84. The van der Waals surface area contributed by atoms with Gasteiger partial charge in [0.2, 0.25) is 5.91 Å². The molecule has 1 aliphatic rings. The molecule has 2 aromatic heterocycles. The minimum absolute atomic E-state index is 0.0237. The summed E-state index contributed by atoms with van der Waals surface area (Å²) >= 11 is 0. The third kappa shape index (κ3) is 4.88. The average Bonchev–Trinajstić information content (AvgIpc) is 2.80. The molecule has 3 heterocycles. The van der Waals surface area contributed by atoms with Crippen LogP contribution >= 0.6 is 0 Å². The molecule has 0 aliphatic carbocycles. The summed E-state index contributed by atoms with van der Waals surface area (Å²) in [6, 6.07) is 15.3. The predicted octanol–water partition coefficient (Wildman–Crippen LogP) is 1.87. The number of nitrogens with zero attached hydrogens (tertiary/aromatic N) is 2. The smallest absolute Gasteiger partial charge is 0.261 e. The lowest BCUT2D eigenvalue weighted by Crippen LogP contribution is -2.40. The highest BCUT2D eigenvalue weighted by atomic mass is 16.2. The number of nitrogens with one attached hydrogen (secondary N) is 2. The van der Waals surface area contributed by atoms with Gasteiger partial charge in [-0.25, -0.2) is 0 Å². The van der Waals surface area contributed by atoms with E-state index in [0.29, 0.717) is 32.5 Å². The van der Waals surface area contributed by atoms with Gasteiger partial charge in [0.25, 0.3) is 11.5 Å². The van der Waals surface area contributed by atoms with E-state index in [4.69, 9.17) is 0 Å². The molecule has 0 fully saturated rings. The topological polar surface area (TPSA) is 95.2 Å². The normalized spacial score (nSPS) is 12.8. The van der Waals surface area contributed by atoms with Gasteiger partial charge >= 0.3 is 0 Å². The molecule has 0 atom stereocenters. The SMILES string of the molecule is O=C(NCCc1ccccc1)c1c2c(c[nH]c1=O)CN(C(=O)Cc1ccccn1)CC2. The zero-order chi connectivity index (χ0) is 21.6. The molecule has 4 rings (SSSR count). The Morgan fingerprint density at radius 1 is 1.10 bits per heavy atom. The Morgan fingerprint density at radius 2 is 1.90 bits per heavy atom. The van der Waals surface area contributed by atoms with Gasteiger partial charge in [-0.2, -0.15) is 0 Å². The van der Waals surface area contributed by atoms with E-state index in [1.165, 1.54) is 0 Å². The first-order chi connectivity index (χ1) is 15.1. The van der Waals surface area contributed by atoms with Gasteiger partial charge in [0.1, 0.15) is 5.56 Å². The second-order valence-electron chi connectivity index (χ2n) is 7.55. The van der Waals surface area contributed by atoms with Crippen LogP contribution in [0.5, 0.6) is 0 Å². The predicted molar refractivity (Wildman–Crippen MR) is 117 cm³/mol. The number of rotatable bonds is 6. The third-order valence-electron chi connectivity index (χ3n) is 5.47. The second-order valence-corrected chi connectivity index (χ2v) is 7.55. The Labute approximate surface area is 180 Å². The molecule has 7 heteroatoms. The highest BCUT2D eigenvalue weighted by Crippen LogP contribution is 2.20. The lowest BCUT2D eigenvalue weighted by Gasteiger charge is -2.29. The molecule has 0 radical (unpaired) electrons. The van der Waals surface area contributed by atoms with Gasteiger partial charge in [0.05, 0.1) is 6.42 Å². The summed E-state index contributed by atoms with van der Waals surface area (Å²) in [4.78, 5) is 46.5. The van der Waals surface area contributed by atoms with Gasteiger partial charge in [-0.3, -0.25) is 19.4 Å². The van der Waals surface area contributed by atoms with Crippen LogP contribution < -0.4 is 10.9 Å². The number of hydrogen-bond donors (Lipinski definition) is 2. The molecule has 3 aromatic rings. The van der Waals surface area contributed by atoms with Crippen LogP contribution in [0.1, 0.15) is 32.7 Å². The molecule has 7 nitrogen and oxygen atoms in total. The first-order valence-electron chi connectivity index (χ1n) is 10.3. The fraction of sp³-hybridized carbons (Fsp3) is 0.250. The van der Waals surface area contributed by atoms with Crippen LogP contribution in [0.2, 0.25) is 0 Å². The monoisotopic (exact) mass is 416 g/mol. The summed E-state index contributed by atoms with van der Waals surface area (Å²) in [6.07, 6.45) is 4.66. The lowest BCUT2D eigenvalue weighted by atomic mass is 9.96. The van der Waals surface area contributed by atoms with Crippen molar-refractivity contribution in [3.05, 3.63) is 99.2 Å². The number of aromatic amines is 1. The summed E-state index contributed by atoms with van der Waals surface area (Å²) in [5, 5.41) is 2.86. The number of benzene rings is 1. The van der Waals surface area contributed by atoms with Crippen LogP contribution in [-0.4, -0.2) is 39.8 Å². The van der Waals surface area contributed by atoms with Crippen molar-refractivity contribution in [2.24, 2.45) is 0 Å². The maximum Gasteiger partial charge on any atom is 0.261 e. The van der Waals surface area contributed by atoms with Crippen LogP contribution in [0.15, 0.2) is 65.7 Å². The summed E-state index contributed by atoms with van der Waals surface area (Å²) in [6.45, 7) is 1.27.